The van der Waals surface area contributed by atoms with Crippen LogP contribution < -0.4 is 16.0 Å². The highest BCUT2D eigenvalue weighted by Crippen LogP contribution is 1.93. The van der Waals surface area contributed by atoms with Gasteiger partial charge in [-0.15, -0.1) is 0 Å². The van der Waals surface area contributed by atoms with Crippen molar-refractivity contribution in [2.24, 2.45) is 0 Å². The fraction of sp³-hybridized carbons (Fsp3) is 0.654. The molecule has 22 nitrogen and oxygen atoms in total. The van der Waals surface area contributed by atoms with Crippen molar-refractivity contribution in [2.45, 2.75) is 13.8 Å². The molecule has 3 amide bonds. The number of carbonyl (C=O) groups excluding carboxylic acids is 3. The van der Waals surface area contributed by atoms with Crippen LogP contribution in [0, 0.1) is 0 Å². The van der Waals surface area contributed by atoms with E-state index >= 15 is 0 Å². The van der Waals surface area contributed by atoms with Crippen LogP contribution in [0.4, 0.5) is 0 Å². The average Bonchev–Trinajstić information content (AvgIpc) is 2.91. The molecule has 0 radical (unpaired) electrons. The molecule has 0 aromatic rings. The van der Waals surface area contributed by atoms with Crippen LogP contribution >= 0.6 is 0 Å². The Morgan fingerprint density at radius 2 is 0.542 bits per heavy atom. The van der Waals surface area contributed by atoms with E-state index in [-0.39, 0.29) is 39.3 Å². The standard InChI is InChI=1S/C24H39N7O15.C2H6/c32-16(7-29(10-19(35)36)11-20(37)38)25-1-4-28(5-2-26-17(33)8-30(12-21(39)40)13-22(41)42)6-3-27-18(34)9-31(14-23(43)44)15-24(45)46;1-2/h1-15H2,(H,25,32)(H,26,33)(H,27,34)(H,35,36)(H,37,38)(H,39,40)(H,41,42)(H,43,44)(H,45,46);1-2H3. The number of carbonyl (C=O) groups is 9. The second kappa shape index (κ2) is 26.2. The number of hydrogen-bond acceptors (Lipinski definition) is 13. The fourth-order valence-corrected chi connectivity index (χ4v) is 3.82. The molecule has 0 atom stereocenters. The van der Waals surface area contributed by atoms with E-state index in [1.165, 1.54) is 0 Å². The van der Waals surface area contributed by atoms with Crippen LogP contribution in [0.3, 0.4) is 0 Å². The van der Waals surface area contributed by atoms with E-state index in [0.29, 0.717) is 0 Å². The summed E-state index contributed by atoms with van der Waals surface area (Å²) in [6.07, 6.45) is 0. The topological polar surface area (TPSA) is 324 Å². The van der Waals surface area contributed by atoms with Gasteiger partial charge in [-0.05, 0) is 0 Å². The molecule has 0 spiro atoms. The third-order valence-corrected chi connectivity index (χ3v) is 5.51. The number of aliphatic carboxylic acids is 6. The van der Waals surface area contributed by atoms with Crippen molar-refractivity contribution in [3.05, 3.63) is 0 Å². The van der Waals surface area contributed by atoms with E-state index < -0.39 is 112 Å². The Hall–Kier alpha value is -4.93. The van der Waals surface area contributed by atoms with Gasteiger partial charge in [-0.1, -0.05) is 13.8 Å². The van der Waals surface area contributed by atoms with Gasteiger partial charge in [-0.25, -0.2) is 0 Å². The van der Waals surface area contributed by atoms with Crippen molar-refractivity contribution in [3.63, 3.8) is 0 Å². The van der Waals surface area contributed by atoms with Crippen molar-refractivity contribution in [2.75, 3.05) is 98.2 Å². The summed E-state index contributed by atoms with van der Waals surface area (Å²) in [5.41, 5.74) is 0. The maximum atomic E-state index is 12.3. The van der Waals surface area contributed by atoms with E-state index in [1.54, 1.807) is 4.90 Å². The molecule has 48 heavy (non-hydrogen) atoms. The Morgan fingerprint density at radius 1 is 0.354 bits per heavy atom. The highest BCUT2D eigenvalue weighted by atomic mass is 16.4. The molecule has 274 valence electrons. The van der Waals surface area contributed by atoms with Gasteiger partial charge in [-0.3, -0.25) is 62.8 Å². The van der Waals surface area contributed by atoms with Gasteiger partial charge in [0.15, 0.2) is 0 Å². The first-order valence-electron chi connectivity index (χ1n) is 14.5. The number of carboxylic acid groups (broad SMARTS) is 6. The van der Waals surface area contributed by atoms with Crippen molar-refractivity contribution in [1.82, 2.24) is 35.6 Å². The van der Waals surface area contributed by atoms with Gasteiger partial charge in [0.05, 0.1) is 58.9 Å². The van der Waals surface area contributed by atoms with E-state index in [1.807, 2.05) is 13.8 Å². The lowest BCUT2D eigenvalue weighted by Crippen LogP contribution is -2.47. The molecular formula is C26H45N7O15. The molecule has 0 rings (SSSR count). The van der Waals surface area contributed by atoms with Gasteiger partial charge >= 0.3 is 35.8 Å². The minimum absolute atomic E-state index is 0.0370. The summed E-state index contributed by atoms with van der Waals surface area (Å²) >= 11 is 0. The lowest BCUT2D eigenvalue weighted by molar-refractivity contribution is -0.144. The largest absolute Gasteiger partial charge is 0.480 e. The Balaban J connectivity index is 0. The summed E-state index contributed by atoms with van der Waals surface area (Å²) in [6.45, 7) is -1.58. The maximum Gasteiger partial charge on any atom is 0.317 e. The maximum absolute atomic E-state index is 12.3. The predicted octanol–water partition coefficient (Wildman–Crippen LogP) is -4.92. The second-order valence-electron chi connectivity index (χ2n) is 9.69. The summed E-state index contributed by atoms with van der Waals surface area (Å²) in [6, 6.07) is 0. The Kier molecular flexibility index (Phi) is 24.6. The van der Waals surface area contributed by atoms with Gasteiger partial charge < -0.3 is 46.6 Å². The van der Waals surface area contributed by atoms with Crippen LogP contribution in [-0.2, 0) is 43.2 Å². The van der Waals surface area contributed by atoms with Crippen molar-refractivity contribution >= 4 is 53.5 Å². The summed E-state index contributed by atoms with van der Waals surface area (Å²) in [5.74, 6) is -10.1. The molecule has 0 fully saturated rings. The quantitative estimate of drug-likeness (QED) is 0.0389. The number of carboxylic acids is 6. The minimum atomic E-state index is -1.34. The summed E-state index contributed by atoms with van der Waals surface area (Å²) < 4.78 is 0. The molecule has 22 heteroatoms. The van der Waals surface area contributed by atoms with E-state index in [2.05, 4.69) is 16.0 Å². The first-order chi connectivity index (χ1) is 22.5. The van der Waals surface area contributed by atoms with E-state index in [4.69, 9.17) is 30.6 Å². The Morgan fingerprint density at radius 3 is 0.708 bits per heavy atom. The summed E-state index contributed by atoms with van der Waals surface area (Å²) in [4.78, 5) is 107. The van der Waals surface area contributed by atoms with Gasteiger partial charge in [0.2, 0.25) is 17.7 Å². The number of nitrogens with zero attached hydrogens (tertiary/aromatic N) is 4. The summed E-state index contributed by atoms with van der Waals surface area (Å²) in [5, 5.41) is 60.9. The molecule has 0 unspecified atom stereocenters. The molecule has 0 heterocycles. The summed E-state index contributed by atoms with van der Waals surface area (Å²) in [7, 11) is 0. The van der Waals surface area contributed by atoms with E-state index in [9.17, 15) is 43.2 Å². The predicted molar refractivity (Wildman–Crippen MR) is 162 cm³/mol. The van der Waals surface area contributed by atoms with Gasteiger partial charge in [0.1, 0.15) is 0 Å². The van der Waals surface area contributed by atoms with Crippen molar-refractivity contribution in [3.8, 4) is 0 Å². The normalized spacial score (nSPS) is 10.6. The first kappa shape index (κ1) is 45.2. The van der Waals surface area contributed by atoms with Crippen LogP contribution in [0.5, 0.6) is 0 Å². The average molecular weight is 696 g/mol. The molecule has 0 saturated carbocycles. The van der Waals surface area contributed by atoms with Crippen molar-refractivity contribution < 1.29 is 73.8 Å². The number of hydrogen-bond donors (Lipinski definition) is 9. The first-order valence-corrected chi connectivity index (χ1v) is 14.5. The van der Waals surface area contributed by atoms with Crippen molar-refractivity contribution in [1.29, 1.82) is 0 Å². The smallest absolute Gasteiger partial charge is 0.317 e. The van der Waals surface area contributed by atoms with Crippen LogP contribution in [0.15, 0.2) is 0 Å². The fourth-order valence-electron chi connectivity index (χ4n) is 3.82. The highest BCUT2D eigenvalue weighted by Gasteiger charge is 2.20. The third-order valence-electron chi connectivity index (χ3n) is 5.51. The molecule has 0 saturated heterocycles. The Labute approximate surface area is 275 Å². The SMILES string of the molecule is CC.O=C(O)CN(CC(=O)O)CC(=O)NCCN(CCNC(=O)CN(CC(=O)O)CC(=O)O)CCNC(=O)CN(CC(=O)O)CC(=O)O. The molecule has 0 aliphatic rings. The number of amides is 3. The highest BCUT2D eigenvalue weighted by molar-refractivity contribution is 5.82. The van der Waals surface area contributed by atoms with Crippen LogP contribution in [0.2, 0.25) is 0 Å². The molecule has 0 bridgehead atoms. The molecule has 0 aliphatic carbocycles. The van der Waals surface area contributed by atoms with E-state index in [0.717, 1.165) is 14.7 Å². The molecule has 0 aromatic heterocycles. The zero-order chi connectivity index (χ0) is 37.2. The molecule has 9 N–H and O–H groups in total. The van der Waals surface area contributed by atoms with Gasteiger partial charge in [-0.2, -0.15) is 0 Å². The Bertz CT molecular complexity index is 924. The monoisotopic (exact) mass is 695 g/mol. The lowest BCUT2D eigenvalue weighted by Gasteiger charge is -2.24. The molecule has 0 aliphatic heterocycles. The zero-order valence-electron chi connectivity index (χ0n) is 26.8. The molecule has 0 aromatic carbocycles. The third kappa shape index (κ3) is 27.4. The zero-order valence-corrected chi connectivity index (χ0v) is 26.8. The number of nitrogens with one attached hydrogen (secondary N) is 3. The number of rotatable bonds is 27. The van der Waals surface area contributed by atoms with Crippen LogP contribution in [0.1, 0.15) is 13.8 Å². The lowest BCUT2D eigenvalue weighted by atomic mass is 10.3. The minimum Gasteiger partial charge on any atom is -0.480 e. The van der Waals surface area contributed by atoms with Crippen LogP contribution in [-0.4, -0.2) is 202 Å². The molecular weight excluding hydrogens is 650 g/mol. The van der Waals surface area contributed by atoms with Gasteiger partial charge in [0.25, 0.3) is 0 Å². The van der Waals surface area contributed by atoms with Gasteiger partial charge in [0, 0.05) is 39.3 Å². The van der Waals surface area contributed by atoms with Crippen LogP contribution in [0.25, 0.3) is 0 Å². The second-order valence-corrected chi connectivity index (χ2v) is 9.69.